The molecule has 0 radical (unpaired) electrons. The first-order valence-electron chi connectivity index (χ1n) is 11.8. The molecule has 1 amide bonds. The standard InChI is InChI=1S/C23H32F2N4O6S2/c1-12(30)7-20-13(2)22(21(23(32)33)29(20)14(3)31)36-16-8-15(9-27-37(26,34)35)28(10-16)11-17-18(24)5-4-6-19(17)25/h4-6,12-13,15-16,20,27,30H,7-11H2,1-3H3,(H,32,33)(H2,26,34,35)/t12-,13-,15+,16+,20+/m1/s1. The molecule has 0 unspecified atom stereocenters. The Kier molecular flexibility index (Phi) is 9.35. The highest BCUT2D eigenvalue weighted by atomic mass is 32.2. The largest absolute Gasteiger partial charge is 0.477 e. The lowest BCUT2D eigenvalue weighted by atomic mass is 9.98. The maximum atomic E-state index is 14.4. The van der Waals surface area contributed by atoms with Crippen molar-refractivity contribution in [2.24, 2.45) is 11.1 Å². The van der Waals surface area contributed by atoms with Crippen molar-refractivity contribution in [3.8, 4) is 0 Å². The number of carbonyl (C=O) groups excluding carboxylic acids is 1. The van der Waals surface area contributed by atoms with Crippen LogP contribution in [0, 0.1) is 17.6 Å². The lowest BCUT2D eigenvalue weighted by molar-refractivity contribution is -0.140. The Hall–Kier alpha value is -2.10. The molecule has 10 nitrogen and oxygen atoms in total. The van der Waals surface area contributed by atoms with E-state index in [1.54, 1.807) is 18.7 Å². The average molecular weight is 563 g/mol. The van der Waals surface area contributed by atoms with E-state index in [0.29, 0.717) is 11.3 Å². The number of aliphatic hydroxyl groups is 1. The molecule has 14 heteroatoms. The monoisotopic (exact) mass is 562 g/mol. The summed E-state index contributed by atoms with van der Waals surface area (Å²) in [6.45, 7) is 4.68. The Balaban J connectivity index is 1.90. The van der Waals surface area contributed by atoms with Crippen LogP contribution in [0.5, 0.6) is 0 Å². The normalized spacial score (nSPS) is 25.6. The topological polar surface area (TPSA) is 153 Å². The molecule has 3 rings (SSSR count). The van der Waals surface area contributed by atoms with Gasteiger partial charge in [0, 0.05) is 60.3 Å². The number of nitrogens with one attached hydrogen (secondary N) is 1. The lowest BCUT2D eigenvalue weighted by Gasteiger charge is -2.28. The number of rotatable bonds is 10. The fraction of sp³-hybridized carbons (Fsp3) is 0.565. The van der Waals surface area contributed by atoms with Crippen molar-refractivity contribution in [3.05, 3.63) is 46.0 Å². The molecule has 2 aliphatic rings. The van der Waals surface area contributed by atoms with Crippen LogP contribution in [-0.2, 0) is 26.3 Å². The second kappa shape index (κ2) is 11.7. The summed E-state index contributed by atoms with van der Waals surface area (Å²) in [6.07, 6.45) is -0.209. The smallest absolute Gasteiger partial charge is 0.353 e. The second-order valence-corrected chi connectivity index (χ2v) is 12.2. The number of thioether (sulfide) groups is 1. The van der Waals surface area contributed by atoms with E-state index >= 15 is 0 Å². The summed E-state index contributed by atoms with van der Waals surface area (Å²) in [4.78, 5) is 28.0. The molecule has 1 saturated heterocycles. The van der Waals surface area contributed by atoms with Crippen LogP contribution < -0.4 is 9.86 Å². The zero-order chi connectivity index (χ0) is 27.7. The fourth-order valence-electron chi connectivity index (χ4n) is 5.03. The summed E-state index contributed by atoms with van der Waals surface area (Å²) in [5, 5.41) is 24.7. The Morgan fingerprint density at radius 2 is 1.92 bits per heavy atom. The number of carboxylic acid groups (broad SMARTS) is 1. The van der Waals surface area contributed by atoms with Gasteiger partial charge < -0.3 is 15.1 Å². The number of hydrogen-bond acceptors (Lipinski definition) is 7. The first kappa shape index (κ1) is 29.5. The Bertz CT molecular complexity index is 1160. The van der Waals surface area contributed by atoms with Crippen molar-refractivity contribution >= 4 is 33.8 Å². The number of benzene rings is 1. The molecule has 1 aromatic rings. The molecular formula is C23H32F2N4O6S2. The van der Waals surface area contributed by atoms with Crippen LogP contribution in [-0.4, -0.2) is 76.8 Å². The molecule has 0 aromatic heterocycles. The molecule has 2 aliphatic heterocycles. The molecule has 0 saturated carbocycles. The van der Waals surface area contributed by atoms with Crippen LogP contribution in [0.4, 0.5) is 8.78 Å². The minimum Gasteiger partial charge on any atom is -0.477 e. The van der Waals surface area contributed by atoms with E-state index in [0.717, 1.165) is 12.1 Å². The maximum Gasteiger partial charge on any atom is 0.353 e. The highest BCUT2D eigenvalue weighted by Crippen LogP contribution is 2.46. The maximum absolute atomic E-state index is 14.4. The molecule has 5 atom stereocenters. The third-order valence-electron chi connectivity index (χ3n) is 6.65. The van der Waals surface area contributed by atoms with E-state index in [2.05, 4.69) is 4.72 Å². The highest BCUT2D eigenvalue weighted by Gasteiger charge is 2.45. The van der Waals surface area contributed by atoms with Crippen LogP contribution in [0.1, 0.15) is 39.2 Å². The highest BCUT2D eigenvalue weighted by molar-refractivity contribution is 8.03. The molecule has 5 N–H and O–H groups in total. The van der Waals surface area contributed by atoms with Crippen molar-refractivity contribution < 1.29 is 37.0 Å². The van der Waals surface area contributed by atoms with E-state index in [1.807, 2.05) is 0 Å². The molecule has 1 aromatic carbocycles. The van der Waals surface area contributed by atoms with Gasteiger partial charge in [0.1, 0.15) is 17.3 Å². The van der Waals surface area contributed by atoms with Gasteiger partial charge in [0.15, 0.2) is 0 Å². The van der Waals surface area contributed by atoms with Gasteiger partial charge in [-0.05, 0) is 31.9 Å². The van der Waals surface area contributed by atoms with E-state index in [9.17, 15) is 37.0 Å². The van der Waals surface area contributed by atoms with Gasteiger partial charge in [-0.3, -0.25) is 9.69 Å². The number of aliphatic hydroxyl groups excluding tert-OH is 1. The minimum absolute atomic E-state index is 0.101. The number of carbonyl (C=O) groups is 2. The van der Waals surface area contributed by atoms with Crippen LogP contribution in [0.2, 0.25) is 0 Å². The van der Waals surface area contributed by atoms with Crippen molar-refractivity contribution in [2.75, 3.05) is 13.1 Å². The molecule has 0 spiro atoms. The van der Waals surface area contributed by atoms with Gasteiger partial charge >= 0.3 is 5.97 Å². The third-order valence-corrected chi connectivity index (χ3v) is 8.71. The summed E-state index contributed by atoms with van der Waals surface area (Å²) in [5.41, 5.74) is -0.304. The predicted octanol–water partition coefficient (Wildman–Crippen LogP) is 1.37. The molecule has 1 fully saturated rings. The van der Waals surface area contributed by atoms with Crippen LogP contribution in [0.3, 0.4) is 0 Å². The molecule has 37 heavy (non-hydrogen) atoms. The zero-order valence-corrected chi connectivity index (χ0v) is 22.4. The number of amides is 1. The summed E-state index contributed by atoms with van der Waals surface area (Å²) in [7, 11) is -4.02. The molecule has 206 valence electrons. The van der Waals surface area contributed by atoms with Crippen LogP contribution >= 0.6 is 11.8 Å². The second-order valence-electron chi connectivity index (χ2n) is 9.50. The van der Waals surface area contributed by atoms with E-state index in [-0.39, 0.29) is 48.5 Å². The van der Waals surface area contributed by atoms with Gasteiger partial charge in [0.2, 0.25) is 5.91 Å². The third kappa shape index (κ3) is 7.06. The number of aliphatic carboxylic acids is 1. The van der Waals surface area contributed by atoms with Gasteiger partial charge in [-0.15, -0.1) is 11.8 Å². The molecule has 0 bridgehead atoms. The van der Waals surface area contributed by atoms with Crippen molar-refractivity contribution in [3.63, 3.8) is 0 Å². The molecule has 0 aliphatic carbocycles. The zero-order valence-electron chi connectivity index (χ0n) is 20.7. The first-order chi connectivity index (χ1) is 17.2. The quantitative estimate of drug-likeness (QED) is 0.334. The summed E-state index contributed by atoms with van der Waals surface area (Å²) >= 11 is 1.26. The minimum atomic E-state index is -4.02. The van der Waals surface area contributed by atoms with Crippen LogP contribution in [0.15, 0.2) is 28.8 Å². The van der Waals surface area contributed by atoms with Gasteiger partial charge in [-0.1, -0.05) is 13.0 Å². The summed E-state index contributed by atoms with van der Waals surface area (Å²) < 4.78 is 53.9. The van der Waals surface area contributed by atoms with E-state index in [1.165, 1.54) is 29.7 Å². The SMILES string of the molecule is CC(=O)N1C(C(=O)O)=C(S[C@H]2C[C@@H](CNS(N)(=O)=O)N(Cc3c(F)cccc3F)C2)[C@H](C)[C@@H]1C[C@@H](C)O. The number of hydrogen-bond donors (Lipinski definition) is 4. The predicted molar refractivity (Wildman–Crippen MR) is 134 cm³/mol. The summed E-state index contributed by atoms with van der Waals surface area (Å²) in [5.74, 6) is -3.56. The van der Waals surface area contributed by atoms with Gasteiger partial charge in [-0.2, -0.15) is 8.42 Å². The number of nitrogens with zero attached hydrogens (tertiary/aromatic N) is 2. The van der Waals surface area contributed by atoms with E-state index in [4.69, 9.17) is 5.14 Å². The molecule has 2 heterocycles. The van der Waals surface area contributed by atoms with Crippen LogP contribution in [0.25, 0.3) is 0 Å². The fourth-order valence-corrected chi connectivity index (χ4v) is 7.06. The Morgan fingerprint density at radius 1 is 1.30 bits per heavy atom. The van der Waals surface area contributed by atoms with Gasteiger partial charge in [0.05, 0.1) is 6.10 Å². The lowest BCUT2D eigenvalue weighted by Crippen LogP contribution is -2.42. The molecular weight excluding hydrogens is 530 g/mol. The van der Waals surface area contributed by atoms with Crippen molar-refractivity contribution in [1.29, 1.82) is 0 Å². The number of nitrogens with two attached hydrogens (primary N) is 1. The summed E-state index contributed by atoms with van der Waals surface area (Å²) in [6, 6.07) is 2.51. The van der Waals surface area contributed by atoms with Gasteiger partial charge in [-0.25, -0.2) is 23.4 Å². The Labute approximate surface area is 219 Å². The van der Waals surface area contributed by atoms with Gasteiger partial charge in [0.25, 0.3) is 10.2 Å². The number of halogens is 2. The first-order valence-corrected chi connectivity index (χ1v) is 14.2. The van der Waals surface area contributed by atoms with E-state index < -0.39 is 51.9 Å². The Morgan fingerprint density at radius 3 is 2.43 bits per heavy atom. The van der Waals surface area contributed by atoms with Crippen molar-refractivity contribution in [1.82, 2.24) is 14.5 Å². The average Bonchev–Trinajstić information content (AvgIpc) is 3.27. The number of likely N-dealkylation sites (tertiary alicyclic amines) is 1. The number of carboxylic acids is 1. The van der Waals surface area contributed by atoms with Crippen molar-refractivity contribution in [2.45, 2.75) is 63.6 Å².